The summed E-state index contributed by atoms with van der Waals surface area (Å²) in [5, 5.41) is 0. The zero-order chi connectivity index (χ0) is 16.3. The highest BCUT2D eigenvalue weighted by molar-refractivity contribution is 5.69. The Labute approximate surface area is 139 Å². The topological polar surface area (TPSA) is 26.3 Å². The predicted molar refractivity (Wildman–Crippen MR) is 94.4 cm³/mol. The van der Waals surface area contributed by atoms with Gasteiger partial charge in [-0.2, -0.15) is 0 Å². The quantitative estimate of drug-likeness (QED) is 0.600. The lowest BCUT2D eigenvalue weighted by molar-refractivity contribution is -0.143. The third-order valence-corrected chi connectivity index (χ3v) is 4.00. The van der Waals surface area contributed by atoms with E-state index in [1.807, 2.05) is 19.1 Å². The molecule has 0 aliphatic heterocycles. The van der Waals surface area contributed by atoms with E-state index in [4.69, 9.17) is 4.74 Å². The Morgan fingerprint density at radius 2 is 1.65 bits per heavy atom. The van der Waals surface area contributed by atoms with Crippen LogP contribution in [-0.2, 0) is 16.0 Å². The summed E-state index contributed by atoms with van der Waals surface area (Å²) in [6.07, 6.45) is 4.27. The normalized spacial score (nSPS) is 11.9. The molecule has 1 atom stereocenters. The molecule has 2 aromatic carbocycles. The molecule has 0 heterocycles. The number of carbonyl (C=O) groups excluding carboxylic acids is 1. The summed E-state index contributed by atoms with van der Waals surface area (Å²) < 4.78 is 5.16. The van der Waals surface area contributed by atoms with E-state index >= 15 is 0 Å². The fraction of sp³-hybridized carbons (Fsp3) is 0.381. The summed E-state index contributed by atoms with van der Waals surface area (Å²) in [7, 11) is 0. The van der Waals surface area contributed by atoms with Crippen molar-refractivity contribution in [2.24, 2.45) is 0 Å². The minimum absolute atomic E-state index is 0.0710. The van der Waals surface area contributed by atoms with Crippen molar-refractivity contribution >= 4 is 5.97 Å². The maximum Gasteiger partial charge on any atom is 0.305 e. The summed E-state index contributed by atoms with van der Waals surface area (Å²) in [5.74, 6) is 0.371. The van der Waals surface area contributed by atoms with Crippen molar-refractivity contribution in [1.29, 1.82) is 0 Å². The van der Waals surface area contributed by atoms with Crippen LogP contribution < -0.4 is 0 Å². The molecule has 0 bridgehead atoms. The monoisotopic (exact) mass is 310 g/mol. The highest BCUT2D eigenvalue weighted by Crippen LogP contribution is 2.26. The van der Waals surface area contributed by atoms with Crippen molar-refractivity contribution < 1.29 is 9.53 Å². The standard InChI is InChI=1S/C21H26O2/c1-2-16-23-21(22)15-9-14-20(19-12-7-4-8-13-19)17-18-10-5-3-6-11-18/h3-8,10-13,20H,2,9,14-17H2,1H3. The third kappa shape index (κ3) is 6.27. The molecule has 0 radical (unpaired) electrons. The number of ether oxygens (including phenoxy) is 1. The van der Waals surface area contributed by atoms with Gasteiger partial charge in [-0.15, -0.1) is 0 Å². The number of hydrogen-bond acceptors (Lipinski definition) is 2. The molecular weight excluding hydrogens is 284 g/mol. The van der Waals surface area contributed by atoms with Crippen LogP contribution >= 0.6 is 0 Å². The van der Waals surface area contributed by atoms with Gasteiger partial charge in [-0.3, -0.25) is 4.79 Å². The van der Waals surface area contributed by atoms with Gasteiger partial charge in [0.15, 0.2) is 0 Å². The molecule has 0 spiro atoms. The van der Waals surface area contributed by atoms with E-state index in [1.54, 1.807) is 0 Å². The number of benzene rings is 2. The largest absolute Gasteiger partial charge is 0.466 e. The van der Waals surface area contributed by atoms with E-state index in [0.29, 0.717) is 18.9 Å². The number of carbonyl (C=O) groups is 1. The average Bonchev–Trinajstić information content (AvgIpc) is 2.61. The van der Waals surface area contributed by atoms with Crippen LogP contribution in [0.15, 0.2) is 60.7 Å². The van der Waals surface area contributed by atoms with E-state index in [0.717, 1.165) is 25.7 Å². The van der Waals surface area contributed by atoms with Crippen LogP contribution in [0.3, 0.4) is 0 Å². The van der Waals surface area contributed by atoms with Gasteiger partial charge in [-0.1, -0.05) is 67.6 Å². The SMILES string of the molecule is CCCOC(=O)CCCC(Cc1ccccc1)c1ccccc1. The lowest BCUT2D eigenvalue weighted by atomic mass is 9.88. The van der Waals surface area contributed by atoms with Crippen LogP contribution in [0.2, 0.25) is 0 Å². The second-order valence-corrected chi connectivity index (χ2v) is 5.91. The first-order chi connectivity index (χ1) is 11.3. The van der Waals surface area contributed by atoms with Gasteiger partial charge < -0.3 is 4.74 Å². The molecule has 2 nitrogen and oxygen atoms in total. The maximum absolute atomic E-state index is 11.7. The van der Waals surface area contributed by atoms with Crippen LogP contribution in [0.1, 0.15) is 49.7 Å². The van der Waals surface area contributed by atoms with Gasteiger partial charge in [0.1, 0.15) is 0 Å². The number of rotatable bonds is 9. The van der Waals surface area contributed by atoms with Crippen molar-refractivity contribution in [2.45, 2.75) is 44.9 Å². The Balaban J connectivity index is 1.93. The second kappa shape index (κ2) is 9.83. The van der Waals surface area contributed by atoms with Crippen LogP contribution in [0.25, 0.3) is 0 Å². The Hall–Kier alpha value is -2.09. The van der Waals surface area contributed by atoms with Crippen molar-refractivity contribution in [3.05, 3.63) is 71.8 Å². The molecule has 0 N–H and O–H groups in total. The summed E-state index contributed by atoms with van der Waals surface area (Å²) >= 11 is 0. The molecule has 0 aromatic heterocycles. The zero-order valence-electron chi connectivity index (χ0n) is 13.9. The average molecular weight is 310 g/mol. The Bertz CT molecular complexity index is 563. The number of hydrogen-bond donors (Lipinski definition) is 0. The van der Waals surface area contributed by atoms with Crippen LogP contribution in [0.5, 0.6) is 0 Å². The summed E-state index contributed by atoms with van der Waals surface area (Å²) in [5.41, 5.74) is 2.69. The van der Waals surface area contributed by atoms with Gasteiger partial charge in [-0.05, 0) is 42.7 Å². The molecule has 0 amide bonds. The molecule has 0 saturated heterocycles. The van der Waals surface area contributed by atoms with Gasteiger partial charge in [-0.25, -0.2) is 0 Å². The maximum atomic E-state index is 11.7. The van der Waals surface area contributed by atoms with E-state index in [2.05, 4.69) is 48.5 Å². The van der Waals surface area contributed by atoms with E-state index in [9.17, 15) is 4.79 Å². The molecular formula is C21H26O2. The minimum atomic E-state index is -0.0710. The lowest BCUT2D eigenvalue weighted by Gasteiger charge is -2.17. The zero-order valence-corrected chi connectivity index (χ0v) is 13.9. The Kier molecular flexibility index (Phi) is 7.38. The molecule has 0 aliphatic rings. The third-order valence-electron chi connectivity index (χ3n) is 4.00. The van der Waals surface area contributed by atoms with E-state index < -0.39 is 0 Å². The lowest BCUT2D eigenvalue weighted by Crippen LogP contribution is -2.08. The molecule has 0 fully saturated rings. The molecule has 122 valence electrons. The van der Waals surface area contributed by atoms with Crippen LogP contribution in [0.4, 0.5) is 0 Å². The highest BCUT2D eigenvalue weighted by atomic mass is 16.5. The smallest absolute Gasteiger partial charge is 0.305 e. The fourth-order valence-corrected chi connectivity index (χ4v) is 2.79. The Morgan fingerprint density at radius 1 is 1.00 bits per heavy atom. The molecule has 0 aliphatic carbocycles. The fourth-order valence-electron chi connectivity index (χ4n) is 2.79. The molecule has 23 heavy (non-hydrogen) atoms. The summed E-state index contributed by atoms with van der Waals surface area (Å²) in [4.78, 5) is 11.7. The van der Waals surface area contributed by atoms with Crippen LogP contribution in [0, 0.1) is 0 Å². The van der Waals surface area contributed by atoms with Gasteiger partial charge in [0, 0.05) is 6.42 Å². The van der Waals surface area contributed by atoms with Gasteiger partial charge in [0.25, 0.3) is 0 Å². The first-order valence-electron chi connectivity index (χ1n) is 8.54. The molecule has 0 saturated carbocycles. The van der Waals surface area contributed by atoms with Gasteiger partial charge in [0.05, 0.1) is 6.61 Å². The molecule has 2 heteroatoms. The van der Waals surface area contributed by atoms with Crippen molar-refractivity contribution in [1.82, 2.24) is 0 Å². The first-order valence-corrected chi connectivity index (χ1v) is 8.54. The van der Waals surface area contributed by atoms with E-state index in [1.165, 1.54) is 11.1 Å². The highest BCUT2D eigenvalue weighted by Gasteiger charge is 2.13. The molecule has 2 aromatic rings. The number of esters is 1. The second-order valence-electron chi connectivity index (χ2n) is 5.91. The van der Waals surface area contributed by atoms with Crippen molar-refractivity contribution in [3.8, 4) is 0 Å². The minimum Gasteiger partial charge on any atom is -0.466 e. The van der Waals surface area contributed by atoms with Gasteiger partial charge >= 0.3 is 5.97 Å². The van der Waals surface area contributed by atoms with E-state index in [-0.39, 0.29) is 5.97 Å². The predicted octanol–water partition coefficient (Wildman–Crippen LogP) is 5.14. The van der Waals surface area contributed by atoms with Gasteiger partial charge in [0.2, 0.25) is 0 Å². The Morgan fingerprint density at radius 3 is 2.30 bits per heavy atom. The molecule has 2 rings (SSSR count). The summed E-state index contributed by atoms with van der Waals surface area (Å²) in [6.45, 7) is 2.55. The summed E-state index contributed by atoms with van der Waals surface area (Å²) in [6, 6.07) is 21.1. The first kappa shape index (κ1) is 17.3. The van der Waals surface area contributed by atoms with Crippen molar-refractivity contribution in [2.75, 3.05) is 6.61 Å². The molecule has 1 unspecified atom stereocenters. The van der Waals surface area contributed by atoms with Crippen molar-refractivity contribution in [3.63, 3.8) is 0 Å². The van der Waals surface area contributed by atoms with Crippen LogP contribution in [-0.4, -0.2) is 12.6 Å².